The minimum atomic E-state index is -4.58. The van der Waals surface area contributed by atoms with E-state index in [9.17, 15) is 27.6 Å². The van der Waals surface area contributed by atoms with Crippen molar-refractivity contribution >= 4 is 16.9 Å². The summed E-state index contributed by atoms with van der Waals surface area (Å²) in [4.78, 5) is 36.0. The predicted octanol–water partition coefficient (Wildman–Crippen LogP) is 0.799. The van der Waals surface area contributed by atoms with Crippen molar-refractivity contribution in [2.45, 2.75) is 13.1 Å². The summed E-state index contributed by atoms with van der Waals surface area (Å²) < 4.78 is 38.3. The van der Waals surface area contributed by atoms with E-state index in [1.807, 2.05) is 4.98 Å². The first kappa shape index (κ1) is 13.8. The van der Waals surface area contributed by atoms with Crippen LogP contribution in [0.4, 0.5) is 13.2 Å². The van der Waals surface area contributed by atoms with E-state index >= 15 is 0 Å². The molecular formula is C11H8F3N3O3. The molecule has 1 amide bonds. The van der Waals surface area contributed by atoms with E-state index in [1.165, 1.54) is 0 Å². The number of carbonyl (C=O) groups is 1. The van der Waals surface area contributed by atoms with Crippen LogP contribution in [0.25, 0.3) is 11.0 Å². The molecule has 0 aliphatic rings. The summed E-state index contributed by atoms with van der Waals surface area (Å²) in [5.41, 5.74) is -1.38. The zero-order chi connectivity index (χ0) is 15.1. The average Bonchev–Trinajstić information content (AvgIpc) is 2.32. The number of hydrogen-bond donors (Lipinski definition) is 2. The molecule has 0 saturated carbocycles. The summed E-state index contributed by atoms with van der Waals surface area (Å²) in [7, 11) is 0. The quantitative estimate of drug-likeness (QED) is 0.761. The van der Waals surface area contributed by atoms with Crippen molar-refractivity contribution in [2.24, 2.45) is 0 Å². The zero-order valence-electron chi connectivity index (χ0n) is 10.0. The first-order chi connectivity index (χ1) is 9.20. The largest absolute Gasteiger partial charge is 0.416 e. The molecule has 0 aliphatic carbocycles. The lowest BCUT2D eigenvalue weighted by molar-refractivity contribution is -0.137. The van der Waals surface area contributed by atoms with Gasteiger partial charge in [0.1, 0.15) is 0 Å². The van der Waals surface area contributed by atoms with Crippen LogP contribution in [0.15, 0.2) is 27.8 Å². The van der Waals surface area contributed by atoms with Crippen LogP contribution in [0, 0.1) is 0 Å². The number of aromatic nitrogens is 2. The van der Waals surface area contributed by atoms with Gasteiger partial charge in [-0.3, -0.25) is 19.8 Å². The Morgan fingerprint density at radius 2 is 1.95 bits per heavy atom. The lowest BCUT2D eigenvalue weighted by Gasteiger charge is -2.11. The van der Waals surface area contributed by atoms with Gasteiger partial charge in [-0.25, -0.2) is 4.68 Å². The average molecular weight is 287 g/mol. The Bertz CT molecular complexity index is 804. The van der Waals surface area contributed by atoms with Gasteiger partial charge in [0, 0.05) is 6.92 Å². The molecule has 106 valence electrons. The molecule has 0 saturated heterocycles. The molecule has 20 heavy (non-hydrogen) atoms. The van der Waals surface area contributed by atoms with Gasteiger partial charge in [-0.05, 0) is 18.2 Å². The number of fused-ring (bicyclic) bond motifs is 1. The van der Waals surface area contributed by atoms with Gasteiger partial charge >= 0.3 is 17.3 Å². The molecule has 9 heteroatoms. The molecule has 0 atom stereocenters. The highest BCUT2D eigenvalue weighted by molar-refractivity contribution is 5.84. The Kier molecular flexibility index (Phi) is 3.12. The van der Waals surface area contributed by atoms with Gasteiger partial charge in [-0.2, -0.15) is 13.2 Å². The second-order valence-electron chi connectivity index (χ2n) is 3.99. The maximum atomic E-state index is 12.6. The summed E-state index contributed by atoms with van der Waals surface area (Å²) in [6.07, 6.45) is -4.58. The topological polar surface area (TPSA) is 84.0 Å². The fraction of sp³-hybridized carbons (Fsp3) is 0.182. The van der Waals surface area contributed by atoms with E-state index in [2.05, 4.69) is 5.43 Å². The van der Waals surface area contributed by atoms with Gasteiger partial charge in [-0.1, -0.05) is 0 Å². The number of alkyl halides is 3. The molecule has 0 radical (unpaired) electrons. The number of hydrogen-bond acceptors (Lipinski definition) is 3. The molecule has 0 aliphatic heterocycles. The number of rotatable bonds is 1. The van der Waals surface area contributed by atoms with Gasteiger partial charge in [-0.15, -0.1) is 0 Å². The number of amides is 1. The molecule has 0 spiro atoms. The fourth-order valence-electron chi connectivity index (χ4n) is 1.66. The van der Waals surface area contributed by atoms with Crippen molar-refractivity contribution < 1.29 is 18.0 Å². The van der Waals surface area contributed by atoms with Crippen LogP contribution < -0.4 is 16.5 Å². The number of benzene rings is 1. The summed E-state index contributed by atoms with van der Waals surface area (Å²) in [5.74, 6) is -0.640. The number of nitrogens with one attached hydrogen (secondary N) is 2. The lowest BCUT2D eigenvalue weighted by atomic mass is 10.2. The summed E-state index contributed by atoms with van der Waals surface area (Å²) in [6, 6.07) is 2.43. The zero-order valence-corrected chi connectivity index (χ0v) is 10.0. The Balaban J connectivity index is 2.80. The van der Waals surface area contributed by atoms with Gasteiger partial charge in [0.05, 0.1) is 16.6 Å². The predicted molar refractivity (Wildman–Crippen MR) is 63.9 cm³/mol. The highest BCUT2D eigenvalue weighted by Gasteiger charge is 2.30. The van der Waals surface area contributed by atoms with E-state index in [-0.39, 0.29) is 11.0 Å². The maximum Gasteiger partial charge on any atom is 0.416 e. The molecule has 2 aromatic rings. The van der Waals surface area contributed by atoms with E-state index in [1.54, 1.807) is 0 Å². The van der Waals surface area contributed by atoms with E-state index in [0.717, 1.165) is 19.1 Å². The smallest absolute Gasteiger partial charge is 0.316 e. The minimum absolute atomic E-state index is 0.0437. The van der Waals surface area contributed by atoms with Crippen LogP contribution in [0.2, 0.25) is 0 Å². The van der Waals surface area contributed by atoms with Gasteiger partial charge in [0.15, 0.2) is 0 Å². The van der Waals surface area contributed by atoms with Crippen molar-refractivity contribution in [3.05, 3.63) is 44.5 Å². The van der Waals surface area contributed by atoms with Crippen molar-refractivity contribution in [3.63, 3.8) is 0 Å². The number of carbonyl (C=O) groups excluding carboxylic acids is 1. The third-order valence-corrected chi connectivity index (χ3v) is 2.48. The van der Waals surface area contributed by atoms with Crippen LogP contribution in [-0.4, -0.2) is 15.6 Å². The molecule has 0 fully saturated rings. The number of nitrogens with zero attached hydrogens (tertiary/aromatic N) is 1. The van der Waals surface area contributed by atoms with Crippen LogP contribution in [-0.2, 0) is 11.0 Å². The van der Waals surface area contributed by atoms with Gasteiger partial charge < -0.3 is 4.98 Å². The highest BCUT2D eigenvalue weighted by Crippen LogP contribution is 2.30. The highest BCUT2D eigenvalue weighted by atomic mass is 19.4. The second-order valence-corrected chi connectivity index (χ2v) is 3.99. The van der Waals surface area contributed by atoms with E-state index in [0.29, 0.717) is 10.7 Å². The minimum Gasteiger partial charge on any atom is -0.316 e. The molecule has 1 aromatic carbocycles. The molecule has 2 rings (SSSR count). The summed E-state index contributed by atoms with van der Waals surface area (Å²) in [6.45, 7) is 1.10. The standard InChI is InChI=1S/C11H8F3N3O3/c1-5(18)16-17-8-3-2-6(11(12,13)14)4-7(8)15-9(19)10(17)20/h2-4H,1H3,(H,15,19)(H,16,18). The Labute approximate surface area is 108 Å². The van der Waals surface area contributed by atoms with Crippen molar-refractivity contribution in [2.75, 3.05) is 5.43 Å². The van der Waals surface area contributed by atoms with Gasteiger partial charge in [0.2, 0.25) is 5.91 Å². The molecular weight excluding hydrogens is 279 g/mol. The van der Waals surface area contributed by atoms with Crippen molar-refractivity contribution in [1.82, 2.24) is 9.66 Å². The third kappa shape index (κ3) is 2.42. The fourth-order valence-corrected chi connectivity index (χ4v) is 1.66. The molecule has 1 heterocycles. The summed E-state index contributed by atoms with van der Waals surface area (Å²) >= 11 is 0. The maximum absolute atomic E-state index is 12.6. The molecule has 0 bridgehead atoms. The number of H-pyrrole nitrogens is 1. The number of aromatic amines is 1. The van der Waals surface area contributed by atoms with Crippen molar-refractivity contribution in [1.29, 1.82) is 0 Å². The second kappa shape index (κ2) is 4.51. The van der Waals surface area contributed by atoms with Crippen molar-refractivity contribution in [3.8, 4) is 0 Å². The third-order valence-electron chi connectivity index (χ3n) is 2.48. The molecule has 1 aromatic heterocycles. The SMILES string of the molecule is CC(=O)Nn1c(=O)c(=O)[nH]c2cc(C(F)(F)F)ccc21. The van der Waals surface area contributed by atoms with Crippen LogP contribution >= 0.6 is 0 Å². The van der Waals surface area contributed by atoms with Crippen LogP contribution in [0.5, 0.6) is 0 Å². The number of halogens is 3. The lowest BCUT2D eigenvalue weighted by Crippen LogP contribution is -2.42. The molecule has 6 nitrogen and oxygen atoms in total. The molecule has 2 N–H and O–H groups in total. The Morgan fingerprint density at radius 1 is 1.30 bits per heavy atom. The Hall–Kier alpha value is -2.58. The first-order valence-electron chi connectivity index (χ1n) is 5.34. The monoisotopic (exact) mass is 287 g/mol. The Morgan fingerprint density at radius 3 is 2.50 bits per heavy atom. The van der Waals surface area contributed by atoms with E-state index < -0.39 is 28.8 Å². The normalized spacial score (nSPS) is 11.6. The van der Waals surface area contributed by atoms with Crippen LogP contribution in [0.3, 0.4) is 0 Å². The van der Waals surface area contributed by atoms with E-state index in [4.69, 9.17) is 0 Å². The van der Waals surface area contributed by atoms with Gasteiger partial charge in [0.25, 0.3) is 0 Å². The molecule has 0 unspecified atom stereocenters. The summed E-state index contributed by atoms with van der Waals surface area (Å²) in [5, 5.41) is 0. The first-order valence-corrected chi connectivity index (χ1v) is 5.34. The van der Waals surface area contributed by atoms with Crippen LogP contribution in [0.1, 0.15) is 12.5 Å².